The summed E-state index contributed by atoms with van der Waals surface area (Å²) in [5.74, 6) is -0.603. The molecule has 1 aromatic rings. The molecule has 6 heteroatoms. The minimum Gasteiger partial charge on any atom is -0.385 e. The van der Waals surface area contributed by atoms with Crippen molar-refractivity contribution >= 4 is 23.4 Å². The van der Waals surface area contributed by atoms with Crippen molar-refractivity contribution in [3.63, 3.8) is 0 Å². The van der Waals surface area contributed by atoms with E-state index >= 15 is 0 Å². The molecule has 128 valence electrons. The van der Waals surface area contributed by atoms with Crippen LogP contribution in [0.15, 0.2) is 24.3 Å². The zero-order valence-corrected chi connectivity index (χ0v) is 14.8. The molecule has 0 radical (unpaired) electrons. The third-order valence-corrected chi connectivity index (χ3v) is 3.83. The summed E-state index contributed by atoms with van der Waals surface area (Å²) in [7, 11) is 1.62. The van der Waals surface area contributed by atoms with Gasteiger partial charge in [-0.05, 0) is 31.4 Å². The first-order valence-corrected chi connectivity index (χ1v) is 8.09. The van der Waals surface area contributed by atoms with Crippen LogP contribution in [0.25, 0.3) is 0 Å². The number of benzene rings is 1. The van der Waals surface area contributed by atoms with Crippen molar-refractivity contribution in [3.05, 3.63) is 34.9 Å². The Morgan fingerprint density at radius 1 is 1.17 bits per heavy atom. The standard InChI is InChI=1S/C17H25ClN2O3/c1-11(2)15(17(22)19-12(3)9-10-23-4)20-16(21)13-7-5-6-8-14(13)18/h5-8,11-12,15H,9-10H2,1-4H3,(H,19,22)(H,20,21). The number of rotatable bonds is 8. The second-order valence-electron chi connectivity index (χ2n) is 5.87. The SMILES string of the molecule is COCCC(C)NC(=O)C(NC(=O)c1ccccc1Cl)C(C)C. The normalized spacial score (nSPS) is 13.5. The van der Waals surface area contributed by atoms with Crippen molar-refractivity contribution in [1.82, 2.24) is 10.6 Å². The lowest BCUT2D eigenvalue weighted by Crippen LogP contribution is -2.51. The molecular weight excluding hydrogens is 316 g/mol. The first-order chi connectivity index (χ1) is 10.9. The van der Waals surface area contributed by atoms with Crippen molar-refractivity contribution in [2.75, 3.05) is 13.7 Å². The average molecular weight is 341 g/mol. The molecule has 0 aliphatic carbocycles. The second kappa shape index (κ2) is 9.53. The number of carbonyl (C=O) groups is 2. The number of halogens is 1. The van der Waals surface area contributed by atoms with Crippen LogP contribution in [0.5, 0.6) is 0 Å². The molecule has 5 nitrogen and oxygen atoms in total. The highest BCUT2D eigenvalue weighted by Crippen LogP contribution is 2.15. The van der Waals surface area contributed by atoms with E-state index in [1.165, 1.54) is 0 Å². The maximum absolute atomic E-state index is 12.4. The van der Waals surface area contributed by atoms with Gasteiger partial charge in [0.25, 0.3) is 5.91 Å². The zero-order valence-electron chi connectivity index (χ0n) is 14.1. The fraction of sp³-hybridized carbons (Fsp3) is 0.529. The van der Waals surface area contributed by atoms with Gasteiger partial charge in [-0.2, -0.15) is 0 Å². The fourth-order valence-electron chi connectivity index (χ4n) is 2.10. The van der Waals surface area contributed by atoms with Crippen LogP contribution in [-0.4, -0.2) is 37.6 Å². The van der Waals surface area contributed by atoms with Gasteiger partial charge in [0.15, 0.2) is 0 Å². The molecule has 0 bridgehead atoms. The summed E-state index contributed by atoms with van der Waals surface area (Å²) in [5.41, 5.74) is 0.361. The van der Waals surface area contributed by atoms with Crippen molar-refractivity contribution in [1.29, 1.82) is 0 Å². The van der Waals surface area contributed by atoms with E-state index in [1.807, 2.05) is 20.8 Å². The largest absolute Gasteiger partial charge is 0.385 e. The van der Waals surface area contributed by atoms with Gasteiger partial charge in [0, 0.05) is 19.8 Å². The van der Waals surface area contributed by atoms with E-state index in [-0.39, 0.29) is 23.8 Å². The number of nitrogens with one attached hydrogen (secondary N) is 2. The summed E-state index contributed by atoms with van der Waals surface area (Å²) >= 11 is 6.03. The molecule has 0 fully saturated rings. The Hall–Kier alpha value is -1.59. The number of amides is 2. The third-order valence-electron chi connectivity index (χ3n) is 3.50. The van der Waals surface area contributed by atoms with Crippen molar-refractivity contribution in [2.24, 2.45) is 5.92 Å². The fourth-order valence-corrected chi connectivity index (χ4v) is 2.32. The molecule has 0 heterocycles. The van der Waals surface area contributed by atoms with Gasteiger partial charge in [-0.25, -0.2) is 0 Å². The van der Waals surface area contributed by atoms with Crippen molar-refractivity contribution in [2.45, 2.75) is 39.3 Å². The van der Waals surface area contributed by atoms with Gasteiger partial charge >= 0.3 is 0 Å². The minimum absolute atomic E-state index is 0.0269. The Balaban J connectivity index is 2.73. The highest BCUT2D eigenvalue weighted by molar-refractivity contribution is 6.33. The molecule has 23 heavy (non-hydrogen) atoms. The highest BCUT2D eigenvalue weighted by atomic mass is 35.5. The predicted molar refractivity (Wildman–Crippen MR) is 91.6 cm³/mol. The number of hydrogen-bond acceptors (Lipinski definition) is 3. The third kappa shape index (κ3) is 6.20. The quantitative estimate of drug-likeness (QED) is 0.764. The first-order valence-electron chi connectivity index (χ1n) is 7.71. The number of methoxy groups -OCH3 is 1. The van der Waals surface area contributed by atoms with Gasteiger partial charge < -0.3 is 15.4 Å². The van der Waals surface area contributed by atoms with Gasteiger partial charge in [0.1, 0.15) is 6.04 Å². The van der Waals surface area contributed by atoms with Crippen LogP contribution in [0.2, 0.25) is 5.02 Å². The Bertz CT molecular complexity index is 534. The van der Waals surface area contributed by atoms with Gasteiger partial charge in [-0.1, -0.05) is 37.6 Å². The maximum Gasteiger partial charge on any atom is 0.253 e. The molecular formula is C17H25ClN2O3. The summed E-state index contributed by atoms with van der Waals surface area (Å²) in [4.78, 5) is 24.8. The average Bonchev–Trinajstić information content (AvgIpc) is 2.50. The monoisotopic (exact) mass is 340 g/mol. The summed E-state index contributed by atoms with van der Waals surface area (Å²) < 4.78 is 5.00. The van der Waals surface area contributed by atoms with Crippen LogP contribution < -0.4 is 10.6 Å². The molecule has 1 rings (SSSR count). The molecule has 2 atom stereocenters. The van der Waals surface area contributed by atoms with E-state index in [9.17, 15) is 9.59 Å². The van der Waals surface area contributed by atoms with Crippen LogP contribution in [0.4, 0.5) is 0 Å². The molecule has 0 saturated heterocycles. The summed E-state index contributed by atoms with van der Waals surface area (Å²) in [6.45, 7) is 6.25. The topological polar surface area (TPSA) is 67.4 Å². The van der Waals surface area contributed by atoms with Crippen LogP contribution in [-0.2, 0) is 9.53 Å². The smallest absolute Gasteiger partial charge is 0.253 e. The van der Waals surface area contributed by atoms with E-state index in [0.29, 0.717) is 23.6 Å². The molecule has 0 aliphatic heterocycles. The molecule has 0 aromatic heterocycles. The number of carbonyl (C=O) groups excluding carboxylic acids is 2. The Morgan fingerprint density at radius 2 is 1.83 bits per heavy atom. The minimum atomic E-state index is -0.622. The van der Waals surface area contributed by atoms with Crippen LogP contribution >= 0.6 is 11.6 Å². The Labute approximate surface area is 142 Å². The number of hydrogen-bond donors (Lipinski definition) is 2. The number of ether oxygens (including phenoxy) is 1. The van der Waals surface area contributed by atoms with Gasteiger partial charge in [0.2, 0.25) is 5.91 Å². The lowest BCUT2D eigenvalue weighted by Gasteiger charge is -2.24. The maximum atomic E-state index is 12.4. The lowest BCUT2D eigenvalue weighted by atomic mass is 10.0. The van der Waals surface area contributed by atoms with E-state index in [4.69, 9.17) is 16.3 Å². The second-order valence-corrected chi connectivity index (χ2v) is 6.27. The predicted octanol–water partition coefficient (Wildman–Crippen LogP) is 2.64. The first kappa shape index (κ1) is 19.5. The molecule has 0 spiro atoms. The lowest BCUT2D eigenvalue weighted by molar-refractivity contribution is -0.124. The molecule has 1 aromatic carbocycles. The van der Waals surface area contributed by atoms with Crippen molar-refractivity contribution in [3.8, 4) is 0 Å². The van der Waals surface area contributed by atoms with Crippen LogP contribution in [0.3, 0.4) is 0 Å². The molecule has 0 aliphatic rings. The Kier molecular flexibility index (Phi) is 8.06. The van der Waals surface area contributed by atoms with Gasteiger partial charge in [-0.3, -0.25) is 9.59 Å². The van der Waals surface area contributed by atoms with E-state index in [1.54, 1.807) is 31.4 Å². The zero-order chi connectivity index (χ0) is 17.4. The van der Waals surface area contributed by atoms with Crippen molar-refractivity contribution < 1.29 is 14.3 Å². The molecule has 2 unspecified atom stereocenters. The summed E-state index contributed by atoms with van der Waals surface area (Å²) in [5, 5.41) is 6.03. The molecule has 2 N–H and O–H groups in total. The molecule has 0 saturated carbocycles. The summed E-state index contributed by atoms with van der Waals surface area (Å²) in [6.07, 6.45) is 0.714. The van der Waals surface area contributed by atoms with Gasteiger partial charge in [0.05, 0.1) is 10.6 Å². The van der Waals surface area contributed by atoms with E-state index in [0.717, 1.165) is 0 Å². The van der Waals surface area contributed by atoms with Crippen LogP contribution in [0, 0.1) is 5.92 Å². The molecule has 2 amide bonds. The van der Waals surface area contributed by atoms with Crippen LogP contribution in [0.1, 0.15) is 37.6 Å². The summed E-state index contributed by atoms with van der Waals surface area (Å²) in [6, 6.07) is 6.12. The van der Waals surface area contributed by atoms with Gasteiger partial charge in [-0.15, -0.1) is 0 Å². The van der Waals surface area contributed by atoms with E-state index < -0.39 is 6.04 Å². The highest BCUT2D eigenvalue weighted by Gasteiger charge is 2.26. The van der Waals surface area contributed by atoms with E-state index in [2.05, 4.69) is 10.6 Å². The Morgan fingerprint density at radius 3 is 2.39 bits per heavy atom.